The number of halogens is 1. The molecule has 132 valence electrons. The average molecular weight is 360 g/mol. The second-order valence-electron chi connectivity index (χ2n) is 6.24. The number of carbonyl (C=O) groups is 1. The molecule has 4 nitrogen and oxygen atoms in total. The van der Waals surface area contributed by atoms with Crippen LogP contribution in [0.4, 0.5) is 0 Å². The molecule has 2 aromatic rings. The van der Waals surface area contributed by atoms with Crippen molar-refractivity contribution in [1.29, 1.82) is 0 Å². The molecule has 0 aromatic heterocycles. The fourth-order valence-corrected chi connectivity index (χ4v) is 3.10. The Labute approximate surface area is 153 Å². The van der Waals surface area contributed by atoms with Crippen molar-refractivity contribution in [3.05, 3.63) is 47.0 Å². The van der Waals surface area contributed by atoms with Gasteiger partial charge in [-0.15, -0.1) is 0 Å². The van der Waals surface area contributed by atoms with Crippen LogP contribution in [0.25, 0.3) is 11.1 Å². The van der Waals surface area contributed by atoms with Crippen LogP contribution in [0.5, 0.6) is 11.5 Å². The van der Waals surface area contributed by atoms with E-state index < -0.39 is 0 Å². The van der Waals surface area contributed by atoms with E-state index in [0.29, 0.717) is 16.5 Å². The van der Waals surface area contributed by atoms with Crippen molar-refractivity contribution in [1.82, 2.24) is 4.90 Å². The Kier molecular flexibility index (Phi) is 5.49. The van der Waals surface area contributed by atoms with E-state index in [-0.39, 0.29) is 12.5 Å². The molecule has 0 saturated carbocycles. The number of likely N-dealkylation sites (tertiary alicyclic amines) is 1. The van der Waals surface area contributed by atoms with Gasteiger partial charge in [-0.05, 0) is 54.7 Å². The van der Waals surface area contributed by atoms with E-state index in [9.17, 15) is 4.79 Å². The highest BCUT2D eigenvalue weighted by Gasteiger charge is 2.18. The average Bonchev–Trinajstić information content (AvgIpc) is 3.16. The number of benzene rings is 2. The number of hydrogen-bond acceptors (Lipinski definition) is 3. The molecule has 25 heavy (non-hydrogen) atoms. The van der Waals surface area contributed by atoms with Crippen molar-refractivity contribution < 1.29 is 14.3 Å². The molecule has 0 bridgehead atoms. The van der Waals surface area contributed by atoms with E-state index in [1.807, 2.05) is 42.2 Å². The molecule has 5 heteroatoms. The Morgan fingerprint density at radius 2 is 1.80 bits per heavy atom. The van der Waals surface area contributed by atoms with E-state index in [4.69, 9.17) is 21.1 Å². The molecule has 1 aliphatic rings. The molecular weight excluding hydrogens is 338 g/mol. The molecule has 1 fully saturated rings. The van der Waals surface area contributed by atoms with Crippen LogP contribution in [-0.2, 0) is 4.79 Å². The second-order valence-corrected chi connectivity index (χ2v) is 6.64. The Hall–Kier alpha value is -2.20. The zero-order valence-electron chi connectivity index (χ0n) is 14.5. The van der Waals surface area contributed by atoms with Crippen LogP contribution in [0.3, 0.4) is 0 Å². The first kappa shape index (κ1) is 17.6. The van der Waals surface area contributed by atoms with Crippen LogP contribution in [0.2, 0.25) is 5.02 Å². The smallest absolute Gasteiger partial charge is 0.260 e. The van der Waals surface area contributed by atoms with Gasteiger partial charge in [0, 0.05) is 24.2 Å². The van der Waals surface area contributed by atoms with Gasteiger partial charge in [-0.1, -0.05) is 23.7 Å². The predicted molar refractivity (Wildman–Crippen MR) is 99.5 cm³/mol. The summed E-state index contributed by atoms with van der Waals surface area (Å²) >= 11 is 6.24. The lowest BCUT2D eigenvalue weighted by molar-refractivity contribution is -0.132. The molecule has 2 aromatic carbocycles. The van der Waals surface area contributed by atoms with Crippen LogP contribution < -0.4 is 9.47 Å². The summed E-state index contributed by atoms with van der Waals surface area (Å²) in [5, 5.41) is 0.715. The largest absolute Gasteiger partial charge is 0.497 e. The fourth-order valence-electron chi connectivity index (χ4n) is 2.91. The maximum Gasteiger partial charge on any atom is 0.260 e. The highest BCUT2D eigenvalue weighted by atomic mass is 35.5. The van der Waals surface area contributed by atoms with Crippen LogP contribution in [0.15, 0.2) is 36.4 Å². The summed E-state index contributed by atoms with van der Waals surface area (Å²) in [5.74, 6) is 1.32. The predicted octanol–water partition coefficient (Wildman–Crippen LogP) is 4.33. The van der Waals surface area contributed by atoms with Gasteiger partial charge in [0.15, 0.2) is 6.61 Å². The Balaban J connectivity index is 1.79. The number of carbonyl (C=O) groups excluding carboxylic acids is 1. The van der Waals surface area contributed by atoms with Gasteiger partial charge in [-0.25, -0.2) is 0 Å². The Morgan fingerprint density at radius 3 is 2.48 bits per heavy atom. The number of rotatable bonds is 5. The van der Waals surface area contributed by atoms with Crippen LogP contribution in [0, 0.1) is 6.92 Å². The monoisotopic (exact) mass is 359 g/mol. The number of methoxy groups -OCH3 is 1. The van der Waals surface area contributed by atoms with Crippen molar-refractivity contribution in [2.75, 3.05) is 26.8 Å². The molecule has 0 aliphatic carbocycles. The first-order valence-corrected chi connectivity index (χ1v) is 8.81. The second kappa shape index (κ2) is 7.79. The summed E-state index contributed by atoms with van der Waals surface area (Å²) in [5.41, 5.74) is 2.94. The molecule has 1 aliphatic heterocycles. The van der Waals surface area contributed by atoms with E-state index >= 15 is 0 Å². The first-order valence-electron chi connectivity index (χ1n) is 8.43. The lowest BCUT2D eigenvalue weighted by Gasteiger charge is -2.16. The first-order chi connectivity index (χ1) is 12.1. The SMILES string of the molecule is COc1cc(OCC(=O)N2CCCC2)cc(-c2ccc(C)c(Cl)c2)c1. The van der Waals surface area contributed by atoms with E-state index in [2.05, 4.69) is 0 Å². The topological polar surface area (TPSA) is 38.8 Å². The summed E-state index contributed by atoms with van der Waals surface area (Å²) in [4.78, 5) is 14.0. The van der Waals surface area contributed by atoms with Crippen LogP contribution >= 0.6 is 11.6 Å². The maximum atomic E-state index is 12.2. The molecular formula is C20H22ClNO3. The maximum absolute atomic E-state index is 12.2. The molecule has 0 atom stereocenters. The summed E-state index contributed by atoms with van der Waals surface area (Å²) in [6.45, 7) is 3.66. The van der Waals surface area contributed by atoms with Crippen molar-refractivity contribution >= 4 is 17.5 Å². The molecule has 0 N–H and O–H groups in total. The van der Waals surface area contributed by atoms with Gasteiger partial charge in [0.05, 0.1) is 7.11 Å². The number of hydrogen-bond donors (Lipinski definition) is 0. The van der Waals surface area contributed by atoms with Gasteiger partial charge in [0.1, 0.15) is 11.5 Å². The van der Waals surface area contributed by atoms with Gasteiger partial charge >= 0.3 is 0 Å². The Bertz CT molecular complexity index is 770. The Morgan fingerprint density at radius 1 is 1.08 bits per heavy atom. The highest BCUT2D eigenvalue weighted by molar-refractivity contribution is 6.31. The lowest BCUT2D eigenvalue weighted by atomic mass is 10.0. The minimum Gasteiger partial charge on any atom is -0.497 e. The number of ether oxygens (including phenoxy) is 2. The van der Waals surface area contributed by atoms with Crippen LogP contribution in [0.1, 0.15) is 18.4 Å². The van der Waals surface area contributed by atoms with Gasteiger partial charge < -0.3 is 14.4 Å². The molecule has 3 rings (SSSR count). The zero-order chi connectivity index (χ0) is 17.8. The van der Waals surface area contributed by atoms with Crippen molar-refractivity contribution in [3.8, 4) is 22.6 Å². The molecule has 1 saturated heterocycles. The van der Waals surface area contributed by atoms with E-state index in [1.165, 1.54) is 0 Å². The van der Waals surface area contributed by atoms with Crippen molar-refractivity contribution in [2.45, 2.75) is 19.8 Å². The molecule has 1 amide bonds. The number of amides is 1. The molecule has 0 spiro atoms. The fraction of sp³-hybridized carbons (Fsp3) is 0.350. The standard InChI is InChI=1S/C20H22ClNO3/c1-14-5-6-15(11-19(14)21)16-9-17(24-2)12-18(10-16)25-13-20(23)22-7-3-4-8-22/h5-6,9-12H,3-4,7-8,13H2,1-2H3. The van der Waals surface area contributed by atoms with Gasteiger partial charge in [0.25, 0.3) is 5.91 Å². The van der Waals surface area contributed by atoms with Crippen LogP contribution in [-0.4, -0.2) is 37.6 Å². The number of aryl methyl sites for hydroxylation is 1. The highest BCUT2D eigenvalue weighted by Crippen LogP contribution is 2.32. The lowest BCUT2D eigenvalue weighted by Crippen LogP contribution is -2.32. The third-order valence-electron chi connectivity index (χ3n) is 4.44. The quantitative estimate of drug-likeness (QED) is 0.797. The van der Waals surface area contributed by atoms with E-state index in [0.717, 1.165) is 42.6 Å². The van der Waals surface area contributed by atoms with Crippen molar-refractivity contribution in [3.63, 3.8) is 0 Å². The van der Waals surface area contributed by atoms with Crippen molar-refractivity contribution in [2.24, 2.45) is 0 Å². The molecule has 1 heterocycles. The normalized spacial score (nSPS) is 13.8. The molecule has 0 radical (unpaired) electrons. The number of nitrogens with zero attached hydrogens (tertiary/aromatic N) is 1. The zero-order valence-corrected chi connectivity index (χ0v) is 15.3. The summed E-state index contributed by atoms with van der Waals surface area (Å²) < 4.78 is 11.1. The van der Waals surface area contributed by atoms with Gasteiger partial charge in [-0.3, -0.25) is 4.79 Å². The molecule has 0 unspecified atom stereocenters. The van der Waals surface area contributed by atoms with Gasteiger partial charge in [-0.2, -0.15) is 0 Å². The summed E-state index contributed by atoms with van der Waals surface area (Å²) in [6, 6.07) is 11.5. The van der Waals surface area contributed by atoms with E-state index in [1.54, 1.807) is 13.2 Å². The third-order valence-corrected chi connectivity index (χ3v) is 4.85. The summed E-state index contributed by atoms with van der Waals surface area (Å²) in [7, 11) is 1.61. The summed E-state index contributed by atoms with van der Waals surface area (Å²) in [6.07, 6.45) is 2.15. The minimum absolute atomic E-state index is 0.0280. The minimum atomic E-state index is 0.0280. The third kappa shape index (κ3) is 4.26. The van der Waals surface area contributed by atoms with Gasteiger partial charge in [0.2, 0.25) is 0 Å².